The van der Waals surface area contributed by atoms with Crippen LogP contribution in [0.3, 0.4) is 0 Å². The maximum atomic E-state index is 5.51. The maximum absolute atomic E-state index is 5.51. The first kappa shape index (κ1) is 47.3. The predicted octanol–water partition coefficient (Wildman–Crippen LogP) is 19.1. The second-order valence-electron chi connectivity index (χ2n) is 21.5. The minimum Gasteiger partial charge on any atom is -0.310 e. The van der Waals surface area contributed by atoms with Gasteiger partial charge in [0.2, 0.25) is 0 Å². The fraction of sp³-hybridized carbons (Fsp3) is 0. The molecule has 0 spiro atoms. The highest BCUT2D eigenvalue weighted by Crippen LogP contribution is 2.35. The van der Waals surface area contributed by atoms with E-state index >= 15 is 0 Å². The van der Waals surface area contributed by atoms with Crippen LogP contribution in [0.2, 0.25) is 0 Å². The SMILES string of the molecule is c1ccc(-n2c3ccc(cc3)n(-c3ccccc3)c3ccc4c(ccc5nc6ccc7cc(ccc7c6nc54)n(-c4ccccc4)c4ccc(cc4)n(-c4ccccc4)c4ccc5c(ccc6nc7ccc8cc2ccc8c7nc65)c4)c3)cc1. The van der Waals surface area contributed by atoms with Gasteiger partial charge in [0.25, 0.3) is 0 Å². The number of aromatic nitrogens is 8. The lowest BCUT2D eigenvalue weighted by Crippen LogP contribution is -1.99. The van der Waals surface area contributed by atoms with Crippen molar-refractivity contribution < 1.29 is 0 Å². The van der Waals surface area contributed by atoms with E-state index in [4.69, 9.17) is 19.9 Å². The van der Waals surface area contributed by atoms with Crippen molar-refractivity contribution in [3.63, 3.8) is 0 Å². The summed E-state index contributed by atoms with van der Waals surface area (Å²) in [6, 6.07) is 104. The van der Waals surface area contributed by atoms with E-state index in [2.05, 4.69) is 309 Å². The van der Waals surface area contributed by atoms with Gasteiger partial charge in [-0.25, -0.2) is 19.9 Å². The van der Waals surface area contributed by atoms with E-state index in [0.29, 0.717) is 0 Å². The largest absolute Gasteiger partial charge is 0.310 e. The number of hydrogen-bond acceptors (Lipinski definition) is 4. The average Bonchev–Trinajstić information content (AvgIpc) is 3.26. The molecular weight excluding hydrogens is 1020 g/mol. The van der Waals surface area contributed by atoms with Gasteiger partial charge in [0, 0.05) is 88.4 Å². The third kappa shape index (κ3) is 7.84. The highest BCUT2D eigenvalue weighted by atomic mass is 15.0. The van der Waals surface area contributed by atoms with Crippen LogP contribution in [0.25, 0.3) is 154 Å². The van der Waals surface area contributed by atoms with E-state index in [1.165, 1.54) is 0 Å². The molecule has 14 aromatic carbocycles. The zero-order chi connectivity index (χ0) is 55.2. The van der Waals surface area contributed by atoms with E-state index in [0.717, 1.165) is 154 Å². The molecule has 0 saturated heterocycles. The molecule has 0 saturated carbocycles. The van der Waals surface area contributed by atoms with Gasteiger partial charge in [0.15, 0.2) is 0 Å². The van der Waals surface area contributed by atoms with Crippen LogP contribution in [0, 0.1) is 0 Å². The molecule has 8 nitrogen and oxygen atoms in total. The lowest BCUT2D eigenvalue weighted by molar-refractivity contribution is 1.14. The zero-order valence-electron chi connectivity index (χ0n) is 45.3. The van der Waals surface area contributed by atoms with Gasteiger partial charge in [-0.2, -0.15) is 0 Å². The summed E-state index contributed by atoms with van der Waals surface area (Å²) < 4.78 is 9.29. The van der Waals surface area contributed by atoms with Crippen molar-refractivity contribution >= 4 is 131 Å². The Morgan fingerprint density at radius 2 is 0.393 bits per heavy atom. The van der Waals surface area contributed by atoms with Crippen molar-refractivity contribution in [2.24, 2.45) is 0 Å². The van der Waals surface area contributed by atoms with Gasteiger partial charge in [0.05, 0.1) is 44.1 Å². The molecule has 32 rings (SSSR count). The third-order valence-electron chi connectivity index (χ3n) is 16.6. The molecule has 0 amide bonds. The fourth-order valence-corrected chi connectivity index (χ4v) is 12.6. The predicted molar refractivity (Wildman–Crippen MR) is 349 cm³/mol. The Balaban J connectivity index is 0.969. The number of nitrogens with zero attached hydrogens (tertiary/aromatic N) is 8. The smallest absolute Gasteiger partial charge is 0.0973 e. The van der Waals surface area contributed by atoms with Gasteiger partial charge in [-0.3, -0.25) is 0 Å². The van der Waals surface area contributed by atoms with Crippen LogP contribution in [0.1, 0.15) is 0 Å². The monoisotopic (exact) mass is 1070 g/mol. The van der Waals surface area contributed by atoms with Crippen molar-refractivity contribution in [1.29, 1.82) is 0 Å². The molecule has 8 heteroatoms. The Bertz CT molecular complexity index is 4980. The first-order chi connectivity index (χ1) is 41.6. The molecule has 84 heavy (non-hydrogen) atoms. The molecule has 0 aliphatic rings. The van der Waals surface area contributed by atoms with Crippen LogP contribution >= 0.6 is 0 Å². The summed E-state index contributed by atoms with van der Waals surface area (Å²) in [6.45, 7) is 0. The number of para-hydroxylation sites is 4. The second kappa shape index (κ2) is 19.1. The number of hydrogen-bond donors (Lipinski definition) is 0. The highest BCUT2D eigenvalue weighted by molar-refractivity contribution is 6.13. The Morgan fingerprint density at radius 3 is 0.619 bits per heavy atom. The molecule has 20 bridgehead atoms. The molecule has 0 atom stereocenters. The lowest BCUT2D eigenvalue weighted by atomic mass is 10.1. The summed E-state index contributed by atoms with van der Waals surface area (Å²) in [5.41, 5.74) is 19.4. The molecule has 18 heterocycles. The second-order valence-corrected chi connectivity index (χ2v) is 21.5. The van der Waals surface area contributed by atoms with Crippen molar-refractivity contribution in [2.45, 2.75) is 0 Å². The fourth-order valence-electron chi connectivity index (χ4n) is 12.6. The lowest BCUT2D eigenvalue weighted by Gasteiger charge is -2.15. The number of benzene rings is 14. The summed E-state index contributed by atoms with van der Waals surface area (Å²) in [6.07, 6.45) is 0. The molecule has 0 unspecified atom stereocenters. The van der Waals surface area contributed by atoms with Gasteiger partial charge in [-0.05, 0) is 191 Å². The molecule has 0 radical (unpaired) electrons. The van der Waals surface area contributed by atoms with E-state index in [-0.39, 0.29) is 0 Å². The quantitative estimate of drug-likeness (QED) is 0.130. The van der Waals surface area contributed by atoms with Crippen LogP contribution in [-0.2, 0) is 0 Å². The number of rotatable bonds is 4. The van der Waals surface area contributed by atoms with Crippen LogP contribution in [-0.4, -0.2) is 38.2 Å². The Labute approximate surface area is 480 Å². The van der Waals surface area contributed by atoms with Gasteiger partial charge in [0.1, 0.15) is 0 Å². The molecule has 18 aromatic heterocycles. The van der Waals surface area contributed by atoms with Crippen LogP contribution in [0.4, 0.5) is 0 Å². The first-order valence-electron chi connectivity index (χ1n) is 28.4. The van der Waals surface area contributed by atoms with Crippen LogP contribution in [0.5, 0.6) is 0 Å². The standard InChI is InChI=1S/C76H48N8/c1-5-13-53(14-6-1)81-57-25-27-58(28-26-57)82(54-15-7-2-8-16-54)62-34-38-67-50(46-62)22-43-71-75(67)80-76-68-40-36-64(48-52(68)24-44-72(76)78-71)84(56-19-11-4-12-20-56)60-31-29-59(30-32-60)83(55-17-9-3-10-18-55)63-35-39-66-51(47-63)23-42-70-74(66)79-73-65-37-33-61(81)45-49(65)21-41-69(73)77-70/h1-48H. The molecule has 0 fully saturated rings. The maximum Gasteiger partial charge on any atom is 0.0973 e. The van der Waals surface area contributed by atoms with E-state index in [1.807, 2.05) is 0 Å². The summed E-state index contributed by atoms with van der Waals surface area (Å²) in [5.74, 6) is 0. The van der Waals surface area contributed by atoms with E-state index in [9.17, 15) is 0 Å². The molecule has 0 aliphatic carbocycles. The van der Waals surface area contributed by atoms with E-state index in [1.54, 1.807) is 0 Å². The molecular formula is C76H48N8. The zero-order valence-corrected chi connectivity index (χ0v) is 45.3. The normalized spacial score (nSPS) is 11.8. The molecule has 32 aromatic rings. The van der Waals surface area contributed by atoms with Gasteiger partial charge < -0.3 is 18.3 Å². The van der Waals surface area contributed by atoms with Crippen LogP contribution < -0.4 is 0 Å². The summed E-state index contributed by atoms with van der Waals surface area (Å²) in [7, 11) is 0. The van der Waals surface area contributed by atoms with Crippen molar-refractivity contribution in [2.75, 3.05) is 0 Å². The first-order valence-corrected chi connectivity index (χ1v) is 28.4. The average molecular weight is 1070 g/mol. The molecule has 0 N–H and O–H groups in total. The highest BCUT2D eigenvalue weighted by Gasteiger charge is 2.15. The topological polar surface area (TPSA) is 71.3 Å². The third-order valence-corrected chi connectivity index (χ3v) is 16.6. The Kier molecular flexibility index (Phi) is 10.8. The molecule has 392 valence electrons. The Hall–Kier alpha value is -11.5. The molecule has 0 aliphatic heterocycles. The van der Waals surface area contributed by atoms with Gasteiger partial charge >= 0.3 is 0 Å². The summed E-state index contributed by atoms with van der Waals surface area (Å²) in [5, 5.41) is 8.47. The van der Waals surface area contributed by atoms with Crippen molar-refractivity contribution in [3.05, 3.63) is 291 Å². The minimum absolute atomic E-state index is 0.856. The summed E-state index contributed by atoms with van der Waals surface area (Å²) >= 11 is 0. The van der Waals surface area contributed by atoms with Gasteiger partial charge in [-0.1, -0.05) is 121 Å². The van der Waals surface area contributed by atoms with Crippen LogP contribution in [0.15, 0.2) is 291 Å². The Morgan fingerprint density at radius 1 is 0.179 bits per heavy atom. The van der Waals surface area contributed by atoms with Crippen molar-refractivity contribution in [3.8, 4) is 22.7 Å². The van der Waals surface area contributed by atoms with Gasteiger partial charge in [-0.15, -0.1) is 0 Å². The minimum atomic E-state index is 0.856. The van der Waals surface area contributed by atoms with E-state index < -0.39 is 0 Å². The summed E-state index contributed by atoms with van der Waals surface area (Å²) in [4.78, 5) is 21.5. The van der Waals surface area contributed by atoms with Crippen molar-refractivity contribution in [1.82, 2.24) is 38.2 Å².